The maximum absolute atomic E-state index is 13.0. The molecular formula is C29H19ClO4. The van der Waals surface area contributed by atoms with Crippen LogP contribution < -0.4 is 9.47 Å². The van der Waals surface area contributed by atoms with Gasteiger partial charge in [0.2, 0.25) is 5.78 Å². The minimum absolute atomic E-state index is 0.205. The Morgan fingerprint density at radius 2 is 1.56 bits per heavy atom. The van der Waals surface area contributed by atoms with Gasteiger partial charge < -0.3 is 9.47 Å². The van der Waals surface area contributed by atoms with E-state index in [9.17, 15) is 9.59 Å². The fourth-order valence-corrected chi connectivity index (χ4v) is 4.09. The maximum Gasteiger partial charge on any atom is 0.345 e. The summed E-state index contributed by atoms with van der Waals surface area (Å²) in [4.78, 5) is 25.5. The van der Waals surface area contributed by atoms with Gasteiger partial charge in [0.1, 0.15) is 11.5 Å². The molecule has 0 saturated carbocycles. The number of carbonyl (C=O) groups excluding carboxylic acids is 2. The summed E-state index contributed by atoms with van der Waals surface area (Å²) in [6, 6.07) is 27.8. The molecule has 1 heterocycles. The summed E-state index contributed by atoms with van der Waals surface area (Å²) < 4.78 is 11.4. The van der Waals surface area contributed by atoms with Gasteiger partial charge in [0, 0.05) is 6.07 Å². The zero-order valence-corrected chi connectivity index (χ0v) is 19.0. The van der Waals surface area contributed by atoms with Crippen LogP contribution in [0.15, 0.2) is 96.8 Å². The van der Waals surface area contributed by atoms with E-state index in [1.807, 2.05) is 54.6 Å². The third-order valence-electron chi connectivity index (χ3n) is 5.56. The van der Waals surface area contributed by atoms with Crippen LogP contribution in [0.25, 0.3) is 17.2 Å². The quantitative estimate of drug-likeness (QED) is 0.182. The molecular weight excluding hydrogens is 448 g/mol. The van der Waals surface area contributed by atoms with Crippen molar-refractivity contribution in [2.75, 3.05) is 0 Å². The molecule has 4 aromatic carbocycles. The fourth-order valence-electron chi connectivity index (χ4n) is 3.88. The molecule has 0 saturated heterocycles. The van der Waals surface area contributed by atoms with Crippen LogP contribution in [0.3, 0.4) is 0 Å². The molecule has 0 aliphatic carbocycles. The number of hydrogen-bond acceptors (Lipinski definition) is 4. The molecule has 0 aromatic heterocycles. The molecule has 0 spiro atoms. The zero-order chi connectivity index (χ0) is 23.7. The average Bonchev–Trinajstić information content (AvgIpc) is 3.15. The summed E-state index contributed by atoms with van der Waals surface area (Å²) in [5, 5.41) is 0.306. The number of hydrogen-bond donors (Lipinski definition) is 0. The number of benzene rings is 4. The van der Waals surface area contributed by atoms with Crippen LogP contribution in [0.2, 0.25) is 5.02 Å². The van der Waals surface area contributed by atoms with E-state index in [-0.39, 0.29) is 22.9 Å². The first-order valence-electron chi connectivity index (χ1n) is 10.7. The number of ketones is 1. The summed E-state index contributed by atoms with van der Waals surface area (Å²) in [5.41, 5.74) is 4.44. The first kappa shape index (κ1) is 21.7. The van der Waals surface area contributed by atoms with E-state index in [2.05, 4.69) is 0 Å². The van der Waals surface area contributed by atoms with Crippen LogP contribution in [0, 0.1) is 6.92 Å². The minimum Gasteiger partial charge on any atom is -0.452 e. The molecule has 0 N–H and O–H groups in total. The molecule has 0 atom stereocenters. The Morgan fingerprint density at radius 3 is 2.29 bits per heavy atom. The maximum atomic E-state index is 13.0. The molecule has 0 radical (unpaired) electrons. The van der Waals surface area contributed by atoms with Crippen LogP contribution in [0.4, 0.5) is 0 Å². The highest BCUT2D eigenvalue weighted by molar-refractivity contribution is 6.33. The van der Waals surface area contributed by atoms with Crippen LogP contribution >= 0.6 is 11.6 Å². The van der Waals surface area contributed by atoms with E-state index < -0.39 is 5.97 Å². The number of allylic oxidation sites excluding steroid dienone is 1. The number of esters is 1. The summed E-state index contributed by atoms with van der Waals surface area (Å²) in [7, 11) is 0. The summed E-state index contributed by atoms with van der Waals surface area (Å²) in [6.45, 7) is 1.78. The van der Waals surface area contributed by atoms with Crippen molar-refractivity contribution in [2.24, 2.45) is 0 Å². The van der Waals surface area contributed by atoms with Crippen molar-refractivity contribution in [3.8, 4) is 22.6 Å². The molecule has 0 fully saturated rings. The van der Waals surface area contributed by atoms with Gasteiger partial charge in [-0.05, 0) is 53.5 Å². The second-order valence-corrected chi connectivity index (χ2v) is 8.32. The van der Waals surface area contributed by atoms with E-state index >= 15 is 0 Å². The Kier molecular flexibility index (Phi) is 5.74. The molecule has 1 aliphatic rings. The van der Waals surface area contributed by atoms with Gasteiger partial charge in [0.25, 0.3) is 0 Å². The number of aryl methyl sites for hydroxylation is 1. The number of carbonyl (C=O) groups is 2. The lowest BCUT2D eigenvalue weighted by Crippen LogP contribution is -2.09. The normalized spacial score (nSPS) is 13.5. The molecule has 0 bridgehead atoms. The lowest BCUT2D eigenvalue weighted by atomic mass is 10.0. The van der Waals surface area contributed by atoms with Crippen LogP contribution in [0.5, 0.6) is 11.5 Å². The molecule has 5 rings (SSSR count). The van der Waals surface area contributed by atoms with Crippen molar-refractivity contribution in [3.05, 3.63) is 124 Å². The van der Waals surface area contributed by atoms with E-state index in [0.717, 1.165) is 16.7 Å². The van der Waals surface area contributed by atoms with Gasteiger partial charge in [0.15, 0.2) is 5.76 Å². The summed E-state index contributed by atoms with van der Waals surface area (Å²) >= 11 is 6.09. The van der Waals surface area contributed by atoms with E-state index in [4.69, 9.17) is 21.1 Å². The van der Waals surface area contributed by atoms with Gasteiger partial charge in [0.05, 0.1) is 16.1 Å². The fraction of sp³-hybridized carbons (Fsp3) is 0.0345. The van der Waals surface area contributed by atoms with E-state index in [1.165, 1.54) is 0 Å². The molecule has 166 valence electrons. The number of Topliss-reactive ketones (excluding diaryl/α,β-unsaturated/α-hetero) is 1. The summed E-state index contributed by atoms with van der Waals surface area (Å²) in [5.74, 6) is 0.0776. The Morgan fingerprint density at radius 1 is 0.882 bits per heavy atom. The second-order valence-electron chi connectivity index (χ2n) is 7.91. The standard InChI is InChI=1S/C29H19ClO4/c1-18-15-22(33-29(32)23-9-5-6-10-24(23)30)17-25-27(18)28(31)26(34-25)16-19-11-13-21(14-12-19)20-7-3-2-4-8-20/h2-17H,1H3/b26-16-. The van der Waals surface area contributed by atoms with Gasteiger partial charge >= 0.3 is 5.97 Å². The molecule has 34 heavy (non-hydrogen) atoms. The van der Waals surface area contributed by atoms with Crippen molar-refractivity contribution in [3.63, 3.8) is 0 Å². The van der Waals surface area contributed by atoms with Gasteiger partial charge in [-0.1, -0.05) is 78.3 Å². The molecule has 5 heteroatoms. The molecule has 0 amide bonds. The topological polar surface area (TPSA) is 52.6 Å². The molecule has 1 aliphatic heterocycles. The second kappa shape index (κ2) is 9.00. The lowest BCUT2D eigenvalue weighted by Gasteiger charge is -2.08. The number of ether oxygens (including phenoxy) is 2. The third-order valence-corrected chi connectivity index (χ3v) is 5.89. The zero-order valence-electron chi connectivity index (χ0n) is 18.2. The van der Waals surface area contributed by atoms with Gasteiger partial charge in [-0.2, -0.15) is 0 Å². The highest BCUT2D eigenvalue weighted by Crippen LogP contribution is 2.38. The predicted molar refractivity (Wildman–Crippen MR) is 132 cm³/mol. The van der Waals surface area contributed by atoms with Crippen molar-refractivity contribution in [2.45, 2.75) is 6.92 Å². The van der Waals surface area contributed by atoms with Crippen molar-refractivity contribution >= 4 is 29.4 Å². The molecule has 4 aromatic rings. The van der Waals surface area contributed by atoms with Crippen molar-refractivity contribution in [1.82, 2.24) is 0 Å². The predicted octanol–water partition coefficient (Wildman–Crippen LogP) is 7.15. The Hall–Kier alpha value is -4.15. The number of fused-ring (bicyclic) bond motifs is 1. The Bertz CT molecular complexity index is 1440. The first-order valence-corrected chi connectivity index (χ1v) is 11.1. The minimum atomic E-state index is -0.580. The Balaban J connectivity index is 1.38. The largest absolute Gasteiger partial charge is 0.452 e. The van der Waals surface area contributed by atoms with E-state index in [1.54, 1.807) is 49.4 Å². The Labute approximate surface area is 202 Å². The molecule has 4 nitrogen and oxygen atoms in total. The van der Waals surface area contributed by atoms with Crippen molar-refractivity contribution < 1.29 is 19.1 Å². The lowest BCUT2D eigenvalue weighted by molar-refractivity contribution is 0.0734. The number of halogens is 1. The monoisotopic (exact) mass is 466 g/mol. The third kappa shape index (κ3) is 4.24. The number of rotatable bonds is 4. The average molecular weight is 467 g/mol. The smallest absolute Gasteiger partial charge is 0.345 e. The molecule has 0 unspecified atom stereocenters. The first-order chi connectivity index (χ1) is 16.5. The van der Waals surface area contributed by atoms with Gasteiger partial charge in [-0.15, -0.1) is 0 Å². The van der Waals surface area contributed by atoms with Crippen molar-refractivity contribution in [1.29, 1.82) is 0 Å². The highest BCUT2D eigenvalue weighted by atomic mass is 35.5. The van der Waals surface area contributed by atoms with Gasteiger partial charge in [-0.25, -0.2) is 4.79 Å². The van der Waals surface area contributed by atoms with Crippen LogP contribution in [0.1, 0.15) is 31.8 Å². The van der Waals surface area contributed by atoms with E-state index in [0.29, 0.717) is 21.9 Å². The van der Waals surface area contributed by atoms with Crippen LogP contribution in [-0.2, 0) is 0 Å². The summed E-state index contributed by atoms with van der Waals surface area (Å²) in [6.07, 6.45) is 1.71. The highest BCUT2D eigenvalue weighted by Gasteiger charge is 2.30. The van der Waals surface area contributed by atoms with Crippen LogP contribution in [-0.4, -0.2) is 11.8 Å². The van der Waals surface area contributed by atoms with Gasteiger partial charge in [-0.3, -0.25) is 4.79 Å². The SMILES string of the molecule is Cc1cc(OC(=O)c2ccccc2Cl)cc2c1C(=O)/C(=C/c1ccc(-c3ccccc3)cc1)O2.